The number of nitrogens with zero attached hydrogens (tertiary/aromatic N) is 4. The molecule has 0 saturated carbocycles. The topological polar surface area (TPSA) is 72.7 Å². The molecule has 8 heteroatoms. The average molecular weight is 436 g/mol. The normalized spacial score (nSPS) is 10.7. The first-order valence-corrected chi connectivity index (χ1v) is 10.6. The van der Waals surface area contributed by atoms with Crippen molar-refractivity contribution < 1.29 is 4.79 Å². The summed E-state index contributed by atoms with van der Waals surface area (Å²) in [5.74, 6) is 0.117. The van der Waals surface area contributed by atoms with Crippen LogP contribution in [0.1, 0.15) is 5.56 Å². The zero-order valence-electron chi connectivity index (χ0n) is 16.1. The third kappa shape index (κ3) is 4.69. The fourth-order valence-electron chi connectivity index (χ4n) is 2.84. The van der Waals surface area contributed by atoms with E-state index in [2.05, 4.69) is 20.5 Å². The molecule has 150 valence electrons. The van der Waals surface area contributed by atoms with E-state index in [1.54, 1.807) is 18.6 Å². The summed E-state index contributed by atoms with van der Waals surface area (Å²) < 4.78 is 1.94. The number of thioether (sulfide) groups is 1. The van der Waals surface area contributed by atoms with Crippen molar-refractivity contribution in [3.63, 3.8) is 0 Å². The lowest BCUT2D eigenvalue weighted by Crippen LogP contribution is -2.15. The summed E-state index contributed by atoms with van der Waals surface area (Å²) in [6.07, 6.45) is 5.39. The van der Waals surface area contributed by atoms with E-state index in [0.29, 0.717) is 15.7 Å². The number of hydrogen-bond donors (Lipinski definition) is 1. The lowest BCUT2D eigenvalue weighted by Gasteiger charge is -2.09. The lowest BCUT2D eigenvalue weighted by molar-refractivity contribution is -0.113. The summed E-state index contributed by atoms with van der Waals surface area (Å²) in [5, 5.41) is 12.7. The van der Waals surface area contributed by atoms with Crippen molar-refractivity contribution in [3.8, 4) is 16.9 Å². The van der Waals surface area contributed by atoms with E-state index in [0.717, 1.165) is 22.5 Å². The van der Waals surface area contributed by atoms with E-state index >= 15 is 0 Å². The molecule has 0 aliphatic carbocycles. The fraction of sp³-hybridized carbons (Fsp3) is 0.0909. The van der Waals surface area contributed by atoms with Crippen molar-refractivity contribution in [2.24, 2.45) is 0 Å². The monoisotopic (exact) mass is 435 g/mol. The first-order chi connectivity index (χ1) is 14.6. The van der Waals surface area contributed by atoms with E-state index < -0.39 is 0 Å². The third-order valence-corrected chi connectivity index (χ3v) is 5.83. The summed E-state index contributed by atoms with van der Waals surface area (Å²) in [4.78, 5) is 16.3. The Morgan fingerprint density at radius 2 is 1.93 bits per heavy atom. The third-order valence-electron chi connectivity index (χ3n) is 4.50. The van der Waals surface area contributed by atoms with E-state index in [9.17, 15) is 4.79 Å². The number of benzene rings is 2. The quantitative estimate of drug-likeness (QED) is 0.430. The predicted octanol–water partition coefficient (Wildman–Crippen LogP) is 5.02. The maximum Gasteiger partial charge on any atom is 0.234 e. The Morgan fingerprint density at radius 1 is 1.10 bits per heavy atom. The van der Waals surface area contributed by atoms with Crippen molar-refractivity contribution in [2.45, 2.75) is 11.9 Å². The minimum absolute atomic E-state index is 0.119. The summed E-state index contributed by atoms with van der Waals surface area (Å²) in [6.45, 7) is 1.87. The molecular formula is C22H18ClN5OS. The molecule has 0 saturated heterocycles. The number of halogens is 1. The number of imidazole rings is 1. The molecule has 0 radical (unpaired) electrons. The molecule has 0 aliphatic heterocycles. The van der Waals surface area contributed by atoms with Gasteiger partial charge >= 0.3 is 0 Å². The first kappa shape index (κ1) is 20.1. The first-order valence-electron chi connectivity index (χ1n) is 9.20. The van der Waals surface area contributed by atoms with Crippen molar-refractivity contribution in [3.05, 3.63) is 83.9 Å². The summed E-state index contributed by atoms with van der Waals surface area (Å²) in [7, 11) is 0. The Labute approximate surface area is 183 Å². The summed E-state index contributed by atoms with van der Waals surface area (Å²) >= 11 is 7.42. The van der Waals surface area contributed by atoms with Crippen LogP contribution in [-0.4, -0.2) is 31.4 Å². The molecule has 1 N–H and O–H groups in total. The molecule has 2 heterocycles. The standard InChI is InChI=1S/C22H18ClN5OS/c1-15-18(23)3-2-4-19(15)25-21(29)13-30-22-10-9-20(26-27-22)16-5-7-17(8-6-16)28-12-11-24-14-28/h2-12,14H,13H2,1H3,(H,25,29). The Balaban J connectivity index is 1.35. The molecule has 6 nitrogen and oxygen atoms in total. The van der Waals surface area contributed by atoms with Crippen LogP contribution in [0.25, 0.3) is 16.9 Å². The number of hydrogen-bond acceptors (Lipinski definition) is 5. The van der Waals surface area contributed by atoms with Crippen LogP contribution in [0.4, 0.5) is 5.69 Å². The Morgan fingerprint density at radius 3 is 2.63 bits per heavy atom. The van der Waals surface area contributed by atoms with Crippen LogP contribution in [-0.2, 0) is 4.79 Å². The van der Waals surface area contributed by atoms with Gasteiger partial charge in [-0.1, -0.05) is 41.6 Å². The van der Waals surface area contributed by atoms with Crippen LogP contribution in [0.5, 0.6) is 0 Å². The van der Waals surface area contributed by atoms with Gasteiger partial charge in [-0.25, -0.2) is 4.98 Å². The van der Waals surface area contributed by atoms with Crippen LogP contribution in [0.15, 0.2) is 78.3 Å². The highest BCUT2D eigenvalue weighted by Gasteiger charge is 2.09. The Hall–Kier alpha value is -3.16. The van der Waals surface area contributed by atoms with Crippen molar-refractivity contribution >= 4 is 35.0 Å². The smallest absolute Gasteiger partial charge is 0.234 e. The van der Waals surface area contributed by atoms with Gasteiger partial charge in [-0.15, -0.1) is 10.2 Å². The van der Waals surface area contributed by atoms with Gasteiger partial charge in [0.25, 0.3) is 0 Å². The number of nitrogens with one attached hydrogen (secondary N) is 1. The number of amides is 1. The highest BCUT2D eigenvalue weighted by atomic mass is 35.5. The molecule has 4 aromatic rings. The number of rotatable bonds is 6. The maximum absolute atomic E-state index is 12.2. The highest BCUT2D eigenvalue weighted by Crippen LogP contribution is 2.24. The maximum atomic E-state index is 12.2. The molecule has 2 aromatic heterocycles. The number of aromatic nitrogens is 4. The molecule has 0 aliphatic rings. The van der Waals surface area contributed by atoms with Gasteiger partial charge in [0, 0.05) is 34.4 Å². The molecule has 0 atom stereocenters. The minimum atomic E-state index is -0.119. The molecule has 0 bridgehead atoms. The SMILES string of the molecule is Cc1c(Cl)cccc1NC(=O)CSc1ccc(-c2ccc(-n3ccnc3)cc2)nn1. The van der Waals surface area contributed by atoms with Crippen molar-refractivity contribution in [1.29, 1.82) is 0 Å². The van der Waals surface area contributed by atoms with Gasteiger partial charge in [-0.2, -0.15) is 0 Å². The summed E-state index contributed by atoms with van der Waals surface area (Å²) in [5.41, 5.74) is 4.33. The molecule has 2 aromatic carbocycles. The van der Waals surface area contributed by atoms with E-state index in [1.807, 2.05) is 66.2 Å². The molecule has 4 rings (SSSR count). The van der Waals surface area contributed by atoms with Gasteiger partial charge in [0.2, 0.25) is 5.91 Å². The molecule has 0 unspecified atom stereocenters. The van der Waals surface area contributed by atoms with Crippen molar-refractivity contribution in [2.75, 3.05) is 11.1 Å². The lowest BCUT2D eigenvalue weighted by atomic mass is 10.1. The number of carbonyl (C=O) groups excluding carboxylic acids is 1. The van der Waals surface area contributed by atoms with Gasteiger partial charge in [0.15, 0.2) is 0 Å². The van der Waals surface area contributed by atoms with Crippen LogP contribution >= 0.6 is 23.4 Å². The van der Waals surface area contributed by atoms with Gasteiger partial charge in [0.05, 0.1) is 17.8 Å². The molecule has 0 spiro atoms. The highest BCUT2D eigenvalue weighted by molar-refractivity contribution is 7.99. The summed E-state index contributed by atoms with van der Waals surface area (Å²) in [6, 6.07) is 17.2. The Bertz CT molecular complexity index is 1150. The van der Waals surface area contributed by atoms with Crippen LogP contribution < -0.4 is 5.32 Å². The van der Waals surface area contributed by atoms with Crippen molar-refractivity contribution in [1.82, 2.24) is 19.7 Å². The fourth-order valence-corrected chi connectivity index (χ4v) is 3.62. The zero-order chi connectivity index (χ0) is 20.9. The average Bonchev–Trinajstić information content (AvgIpc) is 3.31. The van der Waals surface area contributed by atoms with Gasteiger partial charge in [-0.05, 0) is 48.9 Å². The number of anilines is 1. The second-order valence-electron chi connectivity index (χ2n) is 6.52. The van der Waals surface area contributed by atoms with E-state index in [1.165, 1.54) is 11.8 Å². The predicted molar refractivity (Wildman–Crippen MR) is 120 cm³/mol. The van der Waals surface area contributed by atoms with Gasteiger partial charge in [-0.3, -0.25) is 4.79 Å². The molecular weight excluding hydrogens is 418 g/mol. The number of carbonyl (C=O) groups is 1. The van der Waals surface area contributed by atoms with Crippen LogP contribution in [0.3, 0.4) is 0 Å². The minimum Gasteiger partial charge on any atom is -0.325 e. The second kappa shape index (κ2) is 9.11. The zero-order valence-corrected chi connectivity index (χ0v) is 17.7. The van der Waals surface area contributed by atoms with E-state index in [4.69, 9.17) is 11.6 Å². The van der Waals surface area contributed by atoms with Gasteiger partial charge < -0.3 is 9.88 Å². The Kier molecular flexibility index (Phi) is 6.11. The molecule has 30 heavy (non-hydrogen) atoms. The van der Waals surface area contributed by atoms with E-state index in [-0.39, 0.29) is 11.7 Å². The van der Waals surface area contributed by atoms with Gasteiger partial charge in [0.1, 0.15) is 5.03 Å². The van der Waals surface area contributed by atoms with Crippen LogP contribution in [0, 0.1) is 6.92 Å². The molecule has 1 amide bonds. The largest absolute Gasteiger partial charge is 0.325 e. The molecule has 0 fully saturated rings. The second-order valence-corrected chi connectivity index (χ2v) is 7.93. The van der Waals surface area contributed by atoms with Crippen LogP contribution in [0.2, 0.25) is 5.02 Å².